The number of hydrogen-bond acceptors (Lipinski definition) is 3. The molecule has 0 saturated carbocycles. The zero-order valence-electron chi connectivity index (χ0n) is 12.3. The highest BCUT2D eigenvalue weighted by molar-refractivity contribution is 5.21. The Bertz CT molecular complexity index is 370. The Morgan fingerprint density at radius 2 is 2.32 bits per heavy atom. The van der Waals surface area contributed by atoms with Crippen LogP contribution in [0.15, 0.2) is 18.5 Å². The average Bonchev–Trinajstić information content (AvgIpc) is 2.66. The molecular weight excluding hydrogens is 234 g/mol. The number of rotatable bonds is 5. The molecule has 2 N–H and O–H groups in total. The van der Waals surface area contributed by atoms with Crippen LogP contribution >= 0.6 is 0 Å². The standard InChI is InChI=1S/C16H27N3/c1-13-11-17-9-7-15(13)12-19-14(2)10-16-6-4-3-5-8-18-16/h7,9,11,14,16,18-19H,3-6,8,10,12H2,1-2H3. The molecule has 19 heavy (non-hydrogen) atoms. The minimum Gasteiger partial charge on any atom is -0.314 e. The summed E-state index contributed by atoms with van der Waals surface area (Å²) in [6.07, 6.45) is 10.5. The van der Waals surface area contributed by atoms with Crippen LogP contribution in [0, 0.1) is 6.92 Å². The first-order valence-electron chi connectivity index (χ1n) is 7.62. The maximum absolute atomic E-state index is 4.14. The predicted octanol–water partition coefficient (Wildman–Crippen LogP) is 2.79. The van der Waals surface area contributed by atoms with E-state index >= 15 is 0 Å². The molecule has 2 unspecified atom stereocenters. The van der Waals surface area contributed by atoms with Crippen molar-refractivity contribution in [1.29, 1.82) is 0 Å². The number of aryl methyl sites for hydroxylation is 1. The molecule has 0 aromatic carbocycles. The highest BCUT2D eigenvalue weighted by Crippen LogP contribution is 2.13. The summed E-state index contributed by atoms with van der Waals surface area (Å²) in [5.74, 6) is 0. The SMILES string of the molecule is Cc1cnccc1CNC(C)CC1CCCCCN1. The Balaban J connectivity index is 1.74. The van der Waals surface area contributed by atoms with Gasteiger partial charge < -0.3 is 10.6 Å². The molecule has 0 aliphatic carbocycles. The number of pyridine rings is 1. The molecule has 1 aromatic rings. The second-order valence-electron chi connectivity index (χ2n) is 5.82. The molecule has 2 heterocycles. The van der Waals surface area contributed by atoms with Gasteiger partial charge in [-0.25, -0.2) is 0 Å². The van der Waals surface area contributed by atoms with E-state index in [1.165, 1.54) is 49.8 Å². The summed E-state index contributed by atoms with van der Waals surface area (Å²) in [6.45, 7) is 6.56. The number of hydrogen-bond donors (Lipinski definition) is 2. The molecule has 0 radical (unpaired) electrons. The van der Waals surface area contributed by atoms with Crippen LogP contribution in [0.5, 0.6) is 0 Å². The highest BCUT2D eigenvalue weighted by Gasteiger charge is 2.14. The van der Waals surface area contributed by atoms with Gasteiger partial charge in [-0.1, -0.05) is 12.8 Å². The van der Waals surface area contributed by atoms with Gasteiger partial charge in [0.15, 0.2) is 0 Å². The predicted molar refractivity (Wildman–Crippen MR) is 80.2 cm³/mol. The highest BCUT2D eigenvalue weighted by atomic mass is 14.9. The van der Waals surface area contributed by atoms with Crippen molar-refractivity contribution in [3.8, 4) is 0 Å². The molecule has 1 saturated heterocycles. The van der Waals surface area contributed by atoms with E-state index < -0.39 is 0 Å². The molecule has 0 bridgehead atoms. The maximum Gasteiger partial charge on any atom is 0.0300 e. The Kier molecular flexibility index (Phi) is 5.80. The van der Waals surface area contributed by atoms with Crippen LogP contribution in [-0.4, -0.2) is 23.6 Å². The molecule has 2 atom stereocenters. The van der Waals surface area contributed by atoms with Gasteiger partial charge in [-0.2, -0.15) is 0 Å². The fourth-order valence-corrected chi connectivity index (χ4v) is 2.80. The van der Waals surface area contributed by atoms with Crippen LogP contribution in [0.1, 0.15) is 50.2 Å². The summed E-state index contributed by atoms with van der Waals surface area (Å²) in [7, 11) is 0. The topological polar surface area (TPSA) is 37.0 Å². The Morgan fingerprint density at radius 1 is 1.42 bits per heavy atom. The lowest BCUT2D eigenvalue weighted by Crippen LogP contribution is -2.36. The molecule has 3 heteroatoms. The number of nitrogens with one attached hydrogen (secondary N) is 2. The van der Waals surface area contributed by atoms with Gasteiger partial charge in [0.05, 0.1) is 0 Å². The van der Waals surface area contributed by atoms with Crippen molar-refractivity contribution in [2.45, 2.75) is 64.6 Å². The third-order valence-electron chi connectivity index (χ3n) is 4.08. The van der Waals surface area contributed by atoms with Gasteiger partial charge in [-0.15, -0.1) is 0 Å². The first-order chi connectivity index (χ1) is 9.25. The fourth-order valence-electron chi connectivity index (χ4n) is 2.80. The van der Waals surface area contributed by atoms with E-state index in [1.54, 1.807) is 0 Å². The lowest BCUT2D eigenvalue weighted by Gasteiger charge is -2.21. The van der Waals surface area contributed by atoms with Crippen molar-refractivity contribution in [2.75, 3.05) is 6.54 Å². The first-order valence-corrected chi connectivity index (χ1v) is 7.62. The lowest BCUT2D eigenvalue weighted by atomic mass is 10.0. The van der Waals surface area contributed by atoms with Crippen molar-refractivity contribution >= 4 is 0 Å². The molecular formula is C16H27N3. The van der Waals surface area contributed by atoms with Crippen LogP contribution in [0.4, 0.5) is 0 Å². The minimum absolute atomic E-state index is 0.558. The molecule has 3 nitrogen and oxygen atoms in total. The average molecular weight is 261 g/mol. The van der Waals surface area contributed by atoms with Crippen molar-refractivity contribution < 1.29 is 0 Å². The lowest BCUT2D eigenvalue weighted by molar-refractivity contribution is 0.402. The van der Waals surface area contributed by atoms with Crippen molar-refractivity contribution in [2.24, 2.45) is 0 Å². The van der Waals surface area contributed by atoms with E-state index in [2.05, 4.69) is 35.5 Å². The van der Waals surface area contributed by atoms with Crippen LogP contribution in [0.25, 0.3) is 0 Å². The molecule has 0 amide bonds. The van der Waals surface area contributed by atoms with Crippen molar-refractivity contribution in [1.82, 2.24) is 15.6 Å². The van der Waals surface area contributed by atoms with Crippen LogP contribution < -0.4 is 10.6 Å². The Hall–Kier alpha value is -0.930. The summed E-state index contributed by atoms with van der Waals surface area (Å²) in [4.78, 5) is 4.14. The molecule has 106 valence electrons. The number of aromatic nitrogens is 1. The molecule has 1 aromatic heterocycles. The van der Waals surface area contributed by atoms with Gasteiger partial charge in [-0.05, 0) is 56.8 Å². The largest absolute Gasteiger partial charge is 0.314 e. The van der Waals surface area contributed by atoms with E-state index in [-0.39, 0.29) is 0 Å². The molecule has 1 aliphatic rings. The van der Waals surface area contributed by atoms with Crippen LogP contribution in [0.3, 0.4) is 0 Å². The Labute approximate surface area is 117 Å². The zero-order chi connectivity index (χ0) is 13.5. The van der Waals surface area contributed by atoms with E-state index in [9.17, 15) is 0 Å². The molecule has 2 rings (SSSR count). The van der Waals surface area contributed by atoms with Crippen LogP contribution in [0.2, 0.25) is 0 Å². The van der Waals surface area contributed by atoms with Gasteiger partial charge in [0.2, 0.25) is 0 Å². The summed E-state index contributed by atoms with van der Waals surface area (Å²) in [5, 5.41) is 7.31. The summed E-state index contributed by atoms with van der Waals surface area (Å²) in [6, 6.07) is 3.37. The van der Waals surface area contributed by atoms with Gasteiger partial charge in [0.1, 0.15) is 0 Å². The molecule has 1 fully saturated rings. The van der Waals surface area contributed by atoms with E-state index in [0.29, 0.717) is 12.1 Å². The smallest absolute Gasteiger partial charge is 0.0300 e. The van der Waals surface area contributed by atoms with E-state index in [0.717, 1.165) is 6.54 Å². The van der Waals surface area contributed by atoms with Crippen molar-refractivity contribution in [3.05, 3.63) is 29.6 Å². The summed E-state index contributed by atoms with van der Waals surface area (Å²) < 4.78 is 0. The monoisotopic (exact) mass is 261 g/mol. The maximum atomic E-state index is 4.14. The third kappa shape index (κ3) is 4.92. The third-order valence-corrected chi connectivity index (χ3v) is 4.08. The van der Waals surface area contributed by atoms with Crippen molar-refractivity contribution in [3.63, 3.8) is 0 Å². The van der Waals surface area contributed by atoms with E-state index in [1.807, 2.05) is 12.4 Å². The Morgan fingerprint density at radius 3 is 3.16 bits per heavy atom. The normalized spacial score (nSPS) is 21.9. The van der Waals surface area contributed by atoms with E-state index in [4.69, 9.17) is 0 Å². The second-order valence-corrected chi connectivity index (χ2v) is 5.82. The quantitative estimate of drug-likeness (QED) is 0.856. The van der Waals surface area contributed by atoms with Gasteiger partial charge in [0.25, 0.3) is 0 Å². The summed E-state index contributed by atoms with van der Waals surface area (Å²) >= 11 is 0. The van der Waals surface area contributed by atoms with Crippen LogP contribution in [-0.2, 0) is 6.54 Å². The first kappa shape index (κ1) is 14.5. The second kappa shape index (κ2) is 7.61. The minimum atomic E-state index is 0.558. The van der Waals surface area contributed by atoms with Gasteiger partial charge in [-0.3, -0.25) is 4.98 Å². The van der Waals surface area contributed by atoms with Gasteiger partial charge in [0, 0.05) is 31.0 Å². The molecule has 0 spiro atoms. The summed E-state index contributed by atoms with van der Waals surface area (Å²) in [5.41, 5.74) is 2.63. The molecule has 1 aliphatic heterocycles. The number of nitrogens with zero attached hydrogens (tertiary/aromatic N) is 1. The van der Waals surface area contributed by atoms with Gasteiger partial charge >= 0.3 is 0 Å². The fraction of sp³-hybridized carbons (Fsp3) is 0.688. The zero-order valence-corrected chi connectivity index (χ0v) is 12.3.